The minimum absolute atomic E-state index is 0.00203. The number of rotatable bonds is 13. The fourth-order valence-corrected chi connectivity index (χ4v) is 5.77. The standard InChI is InChI=1S/C32H31FN6O4S/c1-42-16-14-34-13-15-39-20-21(19-36-39)28-18-25-29(44-28)27(9-12-35-25)43-26-8-7-23(17-24(26)33)38-31(41)32(10-11-32)30(40)37-22-5-3-2-4-6-22/h2-9,12,17-20,34H,10-11,13-16H2,1H3,(H,37,40)(H,38,41). The molecule has 1 aliphatic carbocycles. The first-order valence-corrected chi connectivity index (χ1v) is 15.0. The molecule has 0 unspecified atom stereocenters. The van der Waals surface area contributed by atoms with Crippen LogP contribution in [0, 0.1) is 11.2 Å². The van der Waals surface area contributed by atoms with E-state index in [2.05, 4.69) is 26.0 Å². The zero-order valence-electron chi connectivity index (χ0n) is 24.0. The fourth-order valence-electron chi connectivity index (χ4n) is 4.73. The van der Waals surface area contributed by atoms with Crippen LogP contribution in [-0.2, 0) is 20.9 Å². The van der Waals surface area contributed by atoms with Crippen molar-refractivity contribution in [2.45, 2.75) is 19.4 Å². The summed E-state index contributed by atoms with van der Waals surface area (Å²) in [7, 11) is 1.67. The van der Waals surface area contributed by atoms with Crippen molar-refractivity contribution in [3.8, 4) is 21.9 Å². The maximum absolute atomic E-state index is 15.2. The van der Waals surface area contributed by atoms with Gasteiger partial charge in [0, 0.05) is 66.5 Å². The van der Waals surface area contributed by atoms with Crippen molar-refractivity contribution in [1.29, 1.82) is 0 Å². The average molecular weight is 615 g/mol. The van der Waals surface area contributed by atoms with E-state index >= 15 is 4.39 Å². The van der Waals surface area contributed by atoms with Crippen molar-refractivity contribution in [3.05, 3.63) is 85.1 Å². The van der Waals surface area contributed by atoms with E-state index in [0.29, 0.717) is 30.9 Å². The molecule has 10 nitrogen and oxygen atoms in total. The lowest BCUT2D eigenvalue weighted by molar-refractivity contribution is -0.131. The van der Waals surface area contributed by atoms with Crippen LogP contribution in [0.4, 0.5) is 15.8 Å². The molecule has 0 bridgehead atoms. The molecule has 226 valence electrons. The van der Waals surface area contributed by atoms with E-state index in [4.69, 9.17) is 9.47 Å². The van der Waals surface area contributed by atoms with Crippen LogP contribution in [0.3, 0.4) is 0 Å². The van der Waals surface area contributed by atoms with Crippen LogP contribution in [-0.4, -0.2) is 53.4 Å². The van der Waals surface area contributed by atoms with E-state index in [1.807, 2.05) is 29.2 Å². The number of carbonyl (C=O) groups is 2. The Balaban J connectivity index is 1.11. The lowest BCUT2D eigenvalue weighted by atomic mass is 10.0. The zero-order valence-corrected chi connectivity index (χ0v) is 24.8. The molecule has 3 heterocycles. The molecule has 12 heteroatoms. The summed E-state index contributed by atoms with van der Waals surface area (Å²) in [6.07, 6.45) is 6.26. The monoisotopic (exact) mass is 614 g/mol. The number of halogens is 1. The molecule has 5 aromatic rings. The van der Waals surface area contributed by atoms with E-state index in [1.54, 1.807) is 49.7 Å². The third kappa shape index (κ3) is 6.47. The van der Waals surface area contributed by atoms with Crippen molar-refractivity contribution < 1.29 is 23.5 Å². The van der Waals surface area contributed by atoms with E-state index in [9.17, 15) is 9.59 Å². The van der Waals surface area contributed by atoms with Gasteiger partial charge in [0.2, 0.25) is 11.8 Å². The van der Waals surface area contributed by atoms with Crippen molar-refractivity contribution in [1.82, 2.24) is 20.1 Å². The molecule has 0 spiro atoms. The Morgan fingerprint density at radius 2 is 1.80 bits per heavy atom. The number of hydrogen-bond acceptors (Lipinski definition) is 8. The average Bonchev–Trinajstić information content (AvgIpc) is 3.51. The summed E-state index contributed by atoms with van der Waals surface area (Å²) in [5.74, 6) is -1.02. The van der Waals surface area contributed by atoms with Gasteiger partial charge < -0.3 is 25.4 Å². The third-order valence-corrected chi connectivity index (χ3v) is 8.54. The topological polar surface area (TPSA) is 119 Å². The van der Waals surface area contributed by atoms with Gasteiger partial charge in [-0.25, -0.2) is 4.39 Å². The predicted octanol–water partition coefficient (Wildman–Crippen LogP) is 5.68. The van der Waals surface area contributed by atoms with Crippen LogP contribution in [0.15, 0.2) is 79.3 Å². The highest BCUT2D eigenvalue weighted by atomic mass is 32.1. The maximum Gasteiger partial charge on any atom is 0.240 e. The van der Waals surface area contributed by atoms with Gasteiger partial charge in [-0.2, -0.15) is 5.10 Å². The van der Waals surface area contributed by atoms with Gasteiger partial charge in [0.25, 0.3) is 0 Å². The van der Waals surface area contributed by atoms with E-state index in [1.165, 1.54) is 23.5 Å². The summed E-state index contributed by atoms with van der Waals surface area (Å²) >= 11 is 1.48. The van der Waals surface area contributed by atoms with Gasteiger partial charge in [0.1, 0.15) is 11.2 Å². The molecule has 0 radical (unpaired) electrons. The minimum atomic E-state index is -1.17. The Hall–Kier alpha value is -4.65. The Morgan fingerprint density at radius 1 is 1.00 bits per heavy atom. The minimum Gasteiger partial charge on any atom is -0.453 e. The normalized spacial score (nSPS) is 13.5. The lowest BCUT2D eigenvalue weighted by Gasteiger charge is -2.16. The molecule has 6 rings (SSSR count). The molecular weight excluding hydrogens is 583 g/mol. The van der Waals surface area contributed by atoms with E-state index in [-0.39, 0.29) is 17.3 Å². The fraction of sp³-hybridized carbons (Fsp3) is 0.250. The SMILES string of the molecule is COCCNCCn1cc(-c2cc3nccc(Oc4ccc(NC(=O)C5(C(=O)Nc6ccccc6)CC5)cc4F)c3s2)cn1. The van der Waals surface area contributed by atoms with Crippen LogP contribution >= 0.6 is 11.3 Å². The summed E-state index contributed by atoms with van der Waals surface area (Å²) in [4.78, 5) is 31.3. The number of nitrogens with zero attached hydrogens (tertiary/aromatic N) is 3. The number of amides is 2. The van der Waals surface area contributed by atoms with Gasteiger partial charge >= 0.3 is 0 Å². The van der Waals surface area contributed by atoms with Crippen LogP contribution < -0.4 is 20.7 Å². The molecule has 0 atom stereocenters. The smallest absolute Gasteiger partial charge is 0.240 e. The summed E-state index contributed by atoms with van der Waals surface area (Å²) < 4.78 is 28.9. The first-order valence-electron chi connectivity index (χ1n) is 14.2. The maximum atomic E-state index is 15.2. The number of benzene rings is 2. The molecule has 2 aromatic carbocycles. The predicted molar refractivity (Wildman–Crippen MR) is 167 cm³/mol. The molecule has 3 aromatic heterocycles. The van der Waals surface area contributed by atoms with Crippen LogP contribution in [0.2, 0.25) is 0 Å². The Labute approximate surface area is 257 Å². The molecule has 3 N–H and O–H groups in total. The Bertz CT molecular complexity index is 1790. The number of methoxy groups -OCH3 is 1. The molecule has 0 aliphatic heterocycles. The van der Waals surface area contributed by atoms with E-state index in [0.717, 1.165) is 40.3 Å². The second-order valence-electron chi connectivity index (χ2n) is 10.5. The molecule has 44 heavy (non-hydrogen) atoms. The number of pyridine rings is 1. The number of para-hydroxylation sites is 1. The molecule has 0 saturated heterocycles. The zero-order chi connectivity index (χ0) is 30.5. The first kappa shape index (κ1) is 29.4. The quantitative estimate of drug-likeness (QED) is 0.115. The summed E-state index contributed by atoms with van der Waals surface area (Å²) in [6, 6.07) is 16.8. The van der Waals surface area contributed by atoms with Gasteiger partial charge in [-0.15, -0.1) is 11.3 Å². The van der Waals surface area contributed by atoms with Crippen LogP contribution in [0.5, 0.6) is 11.5 Å². The molecule has 1 aliphatic rings. The Morgan fingerprint density at radius 3 is 2.55 bits per heavy atom. The summed E-state index contributed by atoms with van der Waals surface area (Å²) in [6.45, 7) is 2.93. The molecule has 1 fully saturated rings. The molecular formula is C32H31FN6O4S. The van der Waals surface area contributed by atoms with Gasteiger partial charge in [-0.3, -0.25) is 19.3 Å². The van der Waals surface area contributed by atoms with Gasteiger partial charge in [-0.05, 0) is 43.2 Å². The van der Waals surface area contributed by atoms with Crippen molar-refractivity contribution in [3.63, 3.8) is 0 Å². The second kappa shape index (κ2) is 12.9. The highest BCUT2D eigenvalue weighted by Crippen LogP contribution is 2.47. The number of fused-ring (bicyclic) bond motifs is 1. The lowest BCUT2D eigenvalue weighted by Crippen LogP contribution is -2.35. The molecule has 2 amide bonds. The number of carbonyl (C=O) groups excluding carboxylic acids is 2. The second-order valence-corrected chi connectivity index (χ2v) is 11.5. The van der Waals surface area contributed by atoms with Crippen molar-refractivity contribution >= 4 is 44.7 Å². The van der Waals surface area contributed by atoms with Crippen LogP contribution in [0.25, 0.3) is 20.7 Å². The first-order chi connectivity index (χ1) is 21.4. The Kier molecular flexibility index (Phi) is 8.64. The number of hydrogen-bond donors (Lipinski definition) is 3. The van der Waals surface area contributed by atoms with Crippen molar-refractivity contribution in [2.75, 3.05) is 37.4 Å². The van der Waals surface area contributed by atoms with Gasteiger partial charge in [0.05, 0.1) is 29.6 Å². The third-order valence-electron chi connectivity index (χ3n) is 7.35. The van der Waals surface area contributed by atoms with Crippen molar-refractivity contribution in [2.24, 2.45) is 5.41 Å². The highest BCUT2D eigenvalue weighted by Gasteiger charge is 2.56. The number of nitrogens with one attached hydrogen (secondary N) is 3. The summed E-state index contributed by atoms with van der Waals surface area (Å²) in [5.41, 5.74) is 1.36. The van der Waals surface area contributed by atoms with Gasteiger partial charge in [0.15, 0.2) is 11.6 Å². The number of ether oxygens (including phenoxy) is 2. The van der Waals surface area contributed by atoms with E-state index < -0.39 is 17.1 Å². The number of aromatic nitrogens is 3. The van der Waals surface area contributed by atoms with Crippen LogP contribution in [0.1, 0.15) is 12.8 Å². The number of thiophene rings is 1. The number of anilines is 2. The summed E-state index contributed by atoms with van der Waals surface area (Å²) in [5, 5.41) is 13.2. The molecule has 1 saturated carbocycles. The highest BCUT2D eigenvalue weighted by molar-refractivity contribution is 7.22. The van der Waals surface area contributed by atoms with Gasteiger partial charge in [-0.1, -0.05) is 18.2 Å². The largest absolute Gasteiger partial charge is 0.453 e.